The number of fused-ring (bicyclic) bond motifs is 1. The number of nitrogens with zero attached hydrogens (tertiary/aromatic N) is 4. The Kier molecular flexibility index (Phi) is 6.68. The monoisotopic (exact) mass is 488 g/mol. The fraction of sp³-hybridized carbons (Fsp3) is 0.240. The van der Waals surface area contributed by atoms with Gasteiger partial charge in [0.05, 0.1) is 33.9 Å². The number of halogens is 1. The largest absolute Gasteiger partial charge is 0.381 e. The van der Waals surface area contributed by atoms with E-state index in [1.165, 1.54) is 0 Å². The second-order valence-electron chi connectivity index (χ2n) is 8.35. The van der Waals surface area contributed by atoms with Crippen molar-refractivity contribution in [3.8, 4) is 6.07 Å². The predicted molar refractivity (Wildman–Crippen MR) is 132 cm³/mol. The maximum absolute atomic E-state index is 13.3. The molecule has 1 amide bonds. The third-order valence-corrected chi connectivity index (χ3v) is 6.34. The third kappa shape index (κ3) is 5.15. The van der Waals surface area contributed by atoms with Crippen LogP contribution in [0.3, 0.4) is 0 Å². The summed E-state index contributed by atoms with van der Waals surface area (Å²) in [5, 5.41) is 20.9. The number of ether oxygens (including phenoxy) is 1. The molecule has 0 spiro atoms. The van der Waals surface area contributed by atoms with E-state index < -0.39 is 6.04 Å². The van der Waals surface area contributed by atoms with Gasteiger partial charge in [0, 0.05) is 36.4 Å². The molecule has 2 aliphatic rings. The summed E-state index contributed by atoms with van der Waals surface area (Å²) in [5.74, 6) is 0.269. The van der Waals surface area contributed by atoms with E-state index in [9.17, 15) is 10.1 Å². The molecule has 0 bridgehead atoms. The lowest BCUT2D eigenvalue weighted by molar-refractivity contribution is -0.590. The fourth-order valence-corrected chi connectivity index (χ4v) is 4.34. The molecule has 9 nitrogen and oxygen atoms in total. The van der Waals surface area contributed by atoms with Crippen LogP contribution < -0.4 is 16.1 Å². The maximum atomic E-state index is 13.3. The molecule has 2 aliphatic heterocycles. The third-order valence-electron chi connectivity index (χ3n) is 6.03. The van der Waals surface area contributed by atoms with E-state index in [0.717, 1.165) is 42.6 Å². The lowest BCUT2D eigenvalue weighted by atomic mass is 9.98. The zero-order valence-corrected chi connectivity index (χ0v) is 19.5. The Morgan fingerprint density at radius 3 is 2.83 bits per heavy atom. The van der Waals surface area contributed by atoms with Crippen LogP contribution in [0.4, 0.5) is 5.95 Å². The van der Waals surface area contributed by atoms with Crippen molar-refractivity contribution in [1.29, 1.82) is 5.26 Å². The predicted octanol–water partition coefficient (Wildman–Crippen LogP) is 2.66. The van der Waals surface area contributed by atoms with Gasteiger partial charge in [0.15, 0.2) is 0 Å². The van der Waals surface area contributed by atoms with Gasteiger partial charge in [-0.15, -0.1) is 0 Å². The molecule has 0 saturated carbocycles. The van der Waals surface area contributed by atoms with E-state index in [4.69, 9.17) is 16.3 Å². The minimum atomic E-state index is -0.484. The Bertz CT molecular complexity index is 1380. The highest BCUT2D eigenvalue weighted by atomic mass is 35.5. The summed E-state index contributed by atoms with van der Waals surface area (Å²) >= 11 is 6.26. The number of carbonyl (C=O) groups excluding carboxylic acids is 1. The van der Waals surface area contributed by atoms with Crippen LogP contribution in [0.15, 0.2) is 59.5 Å². The van der Waals surface area contributed by atoms with Crippen LogP contribution >= 0.6 is 11.6 Å². The first-order valence-corrected chi connectivity index (χ1v) is 11.7. The number of aromatic nitrogens is 2. The van der Waals surface area contributed by atoms with Gasteiger partial charge in [-0.1, -0.05) is 28.8 Å². The minimum absolute atomic E-state index is 0.267. The summed E-state index contributed by atoms with van der Waals surface area (Å²) < 4.78 is 5.41. The molecule has 10 heteroatoms. The van der Waals surface area contributed by atoms with Gasteiger partial charge in [-0.05, 0) is 42.7 Å². The molecule has 2 aromatic carbocycles. The molecule has 1 unspecified atom stereocenters. The Hall–Kier alpha value is -3.84. The van der Waals surface area contributed by atoms with Crippen molar-refractivity contribution in [3.63, 3.8) is 0 Å². The number of nitrogens with two attached hydrogens (primary N) is 1. The Morgan fingerprint density at radius 2 is 2.09 bits per heavy atom. The smallest absolute Gasteiger partial charge is 0.252 e. The van der Waals surface area contributed by atoms with Crippen molar-refractivity contribution < 1.29 is 15.0 Å². The highest BCUT2D eigenvalue weighted by Gasteiger charge is 2.24. The molecule has 3 heterocycles. The van der Waals surface area contributed by atoms with Crippen molar-refractivity contribution in [2.75, 3.05) is 18.5 Å². The molecule has 0 radical (unpaired) electrons. The summed E-state index contributed by atoms with van der Waals surface area (Å²) in [6.45, 7) is 1.44. The van der Waals surface area contributed by atoms with E-state index in [1.807, 2.05) is 12.3 Å². The standard InChI is InChI=1S/C25H22ClN7O2/c26-21-9-15(1-3-17(21)11-27)23(19-13-29-30-14-19)33-24(34)16-2-4-18-12-28-25(32-22(18)10-16)31-20-5-7-35-8-6-20/h1-4,9-10,12-14,20,23H,5-8H2,(H,29,30)(H,33,34)(H,28,31,32)/p+1. The topological polar surface area (TPSA) is 129 Å². The molecule has 1 saturated heterocycles. The van der Waals surface area contributed by atoms with Gasteiger partial charge < -0.3 is 15.4 Å². The molecule has 1 atom stereocenters. The van der Waals surface area contributed by atoms with Crippen LogP contribution in [-0.2, 0) is 4.74 Å². The molecular formula is C25H23ClN7O2+. The first-order valence-electron chi connectivity index (χ1n) is 11.3. The SMILES string of the molecule is N#Cc1ccc(C(NC(=O)c2ccc3cnc(NC4CCOCC4)nc3c2)C2=C[NH2+]N=C2)cc1Cl. The zero-order valence-electron chi connectivity index (χ0n) is 18.7. The summed E-state index contributed by atoms with van der Waals surface area (Å²) in [4.78, 5) is 22.3. The number of quaternary nitrogens is 1. The van der Waals surface area contributed by atoms with Crippen molar-refractivity contribution >= 4 is 40.6 Å². The normalized spacial score (nSPS) is 16.5. The number of carbonyl (C=O) groups is 1. The molecular weight excluding hydrogens is 466 g/mol. The molecule has 4 N–H and O–H groups in total. The van der Waals surface area contributed by atoms with Crippen LogP contribution in [0.1, 0.15) is 40.4 Å². The molecule has 3 aromatic rings. The summed E-state index contributed by atoms with van der Waals surface area (Å²) in [5.41, 5.74) is 4.75. The molecule has 176 valence electrons. The number of anilines is 1. The lowest BCUT2D eigenvalue weighted by Gasteiger charge is -2.23. The van der Waals surface area contributed by atoms with Gasteiger partial charge >= 0.3 is 0 Å². The van der Waals surface area contributed by atoms with Crippen LogP contribution in [0.2, 0.25) is 5.02 Å². The number of nitrogens with one attached hydrogen (secondary N) is 2. The first kappa shape index (κ1) is 22.9. The summed E-state index contributed by atoms with van der Waals surface area (Å²) in [6, 6.07) is 12.3. The van der Waals surface area contributed by atoms with E-state index in [0.29, 0.717) is 27.6 Å². The first-order chi connectivity index (χ1) is 17.1. The quantitative estimate of drug-likeness (QED) is 0.457. The van der Waals surface area contributed by atoms with Crippen molar-refractivity contribution in [2.24, 2.45) is 5.10 Å². The number of rotatable bonds is 6. The Morgan fingerprint density at radius 1 is 1.23 bits per heavy atom. The lowest BCUT2D eigenvalue weighted by Crippen LogP contribution is -2.69. The Balaban J connectivity index is 1.39. The number of hydrogen-bond acceptors (Lipinski definition) is 7. The Labute approximate surface area is 206 Å². The van der Waals surface area contributed by atoms with Crippen LogP contribution in [0.25, 0.3) is 10.9 Å². The average molecular weight is 489 g/mol. The summed E-state index contributed by atoms with van der Waals surface area (Å²) in [7, 11) is 0. The molecule has 0 aliphatic carbocycles. The highest BCUT2D eigenvalue weighted by molar-refractivity contribution is 6.31. The van der Waals surface area contributed by atoms with Crippen LogP contribution in [0, 0.1) is 11.3 Å². The second-order valence-corrected chi connectivity index (χ2v) is 8.76. The van der Waals surface area contributed by atoms with E-state index in [1.54, 1.807) is 48.2 Å². The molecule has 5 rings (SSSR count). The van der Waals surface area contributed by atoms with E-state index in [2.05, 4.69) is 31.8 Å². The van der Waals surface area contributed by atoms with Gasteiger partial charge in [0.1, 0.15) is 12.3 Å². The number of nitriles is 1. The van der Waals surface area contributed by atoms with E-state index in [-0.39, 0.29) is 11.9 Å². The second kappa shape index (κ2) is 10.2. The van der Waals surface area contributed by atoms with Crippen LogP contribution in [-0.4, -0.2) is 41.3 Å². The number of benzene rings is 2. The van der Waals surface area contributed by atoms with Gasteiger partial charge in [-0.25, -0.2) is 9.97 Å². The van der Waals surface area contributed by atoms with Gasteiger partial charge in [-0.2, -0.15) is 10.7 Å². The maximum Gasteiger partial charge on any atom is 0.252 e. The van der Waals surface area contributed by atoms with Crippen molar-refractivity contribution in [2.45, 2.75) is 24.9 Å². The number of hydrogen-bond donors (Lipinski definition) is 3. The van der Waals surface area contributed by atoms with Crippen LogP contribution in [0.5, 0.6) is 0 Å². The highest BCUT2D eigenvalue weighted by Crippen LogP contribution is 2.27. The molecule has 1 aromatic heterocycles. The van der Waals surface area contributed by atoms with Gasteiger partial charge in [0.25, 0.3) is 5.91 Å². The van der Waals surface area contributed by atoms with Gasteiger partial charge in [-0.3, -0.25) is 4.79 Å². The fourth-order valence-electron chi connectivity index (χ4n) is 4.11. The van der Waals surface area contributed by atoms with E-state index >= 15 is 0 Å². The minimum Gasteiger partial charge on any atom is -0.381 e. The van der Waals surface area contributed by atoms with Crippen molar-refractivity contribution in [3.05, 3.63) is 76.1 Å². The van der Waals surface area contributed by atoms with Gasteiger partial charge in [0.2, 0.25) is 5.95 Å². The number of amides is 1. The summed E-state index contributed by atoms with van der Waals surface area (Å²) in [6.07, 6.45) is 7.09. The average Bonchev–Trinajstić information content (AvgIpc) is 3.42. The molecule has 1 fully saturated rings. The van der Waals surface area contributed by atoms with Crippen molar-refractivity contribution in [1.82, 2.24) is 15.3 Å². The zero-order chi connectivity index (χ0) is 24.2. The molecule has 35 heavy (non-hydrogen) atoms.